The van der Waals surface area contributed by atoms with Crippen LogP contribution in [0.2, 0.25) is 0 Å². The topological polar surface area (TPSA) is 94.8 Å². The lowest BCUT2D eigenvalue weighted by molar-refractivity contribution is -0.373. The van der Waals surface area contributed by atoms with Gasteiger partial charge in [0.2, 0.25) is 0 Å². The molecule has 2 fully saturated rings. The molecule has 0 radical (unpaired) electrons. The van der Waals surface area contributed by atoms with Gasteiger partial charge in [0, 0.05) is 0 Å². The maximum atomic E-state index is 13.0. The second kappa shape index (κ2) is 7.07. The van der Waals surface area contributed by atoms with E-state index < -0.39 is 65.9 Å². The molecule has 0 aromatic heterocycles. The van der Waals surface area contributed by atoms with E-state index in [0.717, 1.165) is 6.92 Å². The van der Waals surface area contributed by atoms with Gasteiger partial charge in [-0.05, 0) is 48.9 Å². The summed E-state index contributed by atoms with van der Waals surface area (Å²) in [6.45, 7) is 2.81. The molecule has 0 heterocycles. The summed E-state index contributed by atoms with van der Waals surface area (Å²) in [7, 11) is 0. The predicted octanol–water partition coefficient (Wildman–Crippen LogP) is 3.56. The zero-order chi connectivity index (χ0) is 21.8. The van der Waals surface area contributed by atoms with E-state index in [9.17, 15) is 51.3 Å². The lowest BCUT2D eigenvalue weighted by atomic mass is 9.64. The molecular formula is C17H22F6O5. The molecule has 11 heteroatoms. The zero-order valence-corrected chi connectivity index (χ0v) is 15.1. The lowest BCUT2D eigenvalue weighted by Crippen LogP contribution is -2.58. The Morgan fingerprint density at radius 1 is 1.00 bits per heavy atom. The smallest absolute Gasteiger partial charge is 0.426 e. The van der Waals surface area contributed by atoms with Crippen molar-refractivity contribution >= 4 is 11.9 Å². The molecule has 2 bridgehead atoms. The molecule has 2 rings (SSSR count). The molecule has 2 aliphatic carbocycles. The van der Waals surface area contributed by atoms with Gasteiger partial charge in [0.15, 0.2) is 0 Å². The highest BCUT2D eigenvalue weighted by atomic mass is 19.4. The molecule has 0 amide bonds. The molecule has 0 saturated heterocycles. The fraction of sp³-hybridized carbons (Fsp3) is 0.882. The van der Waals surface area contributed by atoms with Gasteiger partial charge in [-0.3, -0.25) is 9.59 Å². The summed E-state index contributed by atoms with van der Waals surface area (Å²) < 4.78 is 78.3. The number of carboxylic acids is 2. The van der Waals surface area contributed by atoms with Crippen LogP contribution in [0, 0.1) is 41.4 Å². The van der Waals surface area contributed by atoms with Gasteiger partial charge >= 0.3 is 24.3 Å². The van der Waals surface area contributed by atoms with Gasteiger partial charge < -0.3 is 15.3 Å². The van der Waals surface area contributed by atoms with Crippen molar-refractivity contribution in [1.29, 1.82) is 0 Å². The van der Waals surface area contributed by atoms with E-state index in [1.807, 2.05) is 0 Å². The van der Waals surface area contributed by atoms with Crippen LogP contribution in [0.5, 0.6) is 0 Å². The van der Waals surface area contributed by atoms with Crippen molar-refractivity contribution < 1.29 is 51.3 Å². The lowest BCUT2D eigenvalue weighted by Gasteiger charge is -2.42. The summed E-state index contributed by atoms with van der Waals surface area (Å²) in [5, 5.41) is 28.2. The molecule has 2 saturated carbocycles. The average Bonchev–Trinajstić information content (AvgIpc) is 3.03. The van der Waals surface area contributed by atoms with Crippen LogP contribution in [0.3, 0.4) is 0 Å². The van der Waals surface area contributed by atoms with Gasteiger partial charge in [0.25, 0.3) is 5.60 Å². The van der Waals surface area contributed by atoms with Gasteiger partial charge in [-0.2, -0.15) is 26.3 Å². The molecule has 0 aliphatic heterocycles. The van der Waals surface area contributed by atoms with Crippen LogP contribution in [0.4, 0.5) is 26.3 Å². The number of aliphatic carboxylic acids is 2. The number of carbonyl (C=O) groups is 2. The molecule has 162 valence electrons. The first-order valence-corrected chi connectivity index (χ1v) is 8.84. The molecule has 28 heavy (non-hydrogen) atoms. The Kier molecular flexibility index (Phi) is 5.75. The van der Waals surface area contributed by atoms with Crippen LogP contribution in [0.15, 0.2) is 0 Å². The van der Waals surface area contributed by atoms with Crippen molar-refractivity contribution in [3.63, 3.8) is 0 Å². The summed E-state index contributed by atoms with van der Waals surface area (Å²) in [4.78, 5) is 23.0. The van der Waals surface area contributed by atoms with E-state index >= 15 is 0 Å². The minimum absolute atomic E-state index is 0.00456. The van der Waals surface area contributed by atoms with E-state index in [-0.39, 0.29) is 24.7 Å². The molecular weight excluding hydrogens is 398 g/mol. The fourth-order valence-electron chi connectivity index (χ4n) is 5.27. The van der Waals surface area contributed by atoms with E-state index in [4.69, 9.17) is 0 Å². The number of halogens is 6. The Morgan fingerprint density at radius 2 is 1.50 bits per heavy atom. The van der Waals surface area contributed by atoms with Crippen molar-refractivity contribution in [2.75, 3.05) is 0 Å². The van der Waals surface area contributed by atoms with Crippen molar-refractivity contribution in [2.24, 2.45) is 41.4 Å². The Morgan fingerprint density at radius 3 is 1.86 bits per heavy atom. The summed E-state index contributed by atoms with van der Waals surface area (Å²) in [6.07, 6.45) is -13.3. The molecule has 0 spiro atoms. The van der Waals surface area contributed by atoms with E-state index in [1.54, 1.807) is 6.92 Å². The van der Waals surface area contributed by atoms with E-state index in [1.165, 1.54) is 0 Å². The molecule has 7 unspecified atom stereocenters. The van der Waals surface area contributed by atoms with Gasteiger partial charge in [0.1, 0.15) is 0 Å². The third-order valence-corrected chi connectivity index (χ3v) is 6.75. The van der Waals surface area contributed by atoms with Crippen LogP contribution >= 0.6 is 0 Å². The van der Waals surface area contributed by atoms with E-state index in [2.05, 4.69) is 0 Å². The highest BCUT2D eigenvalue weighted by Gasteiger charge is 2.72. The van der Waals surface area contributed by atoms with Gasteiger partial charge in [0.05, 0.1) is 11.8 Å². The maximum absolute atomic E-state index is 13.0. The Bertz CT molecular complexity index is 617. The van der Waals surface area contributed by atoms with Crippen LogP contribution in [0.1, 0.15) is 33.1 Å². The average molecular weight is 420 g/mol. The maximum Gasteiger partial charge on any atom is 0.426 e. The summed E-state index contributed by atoms with van der Waals surface area (Å²) in [5.74, 6) is -9.22. The summed E-state index contributed by atoms with van der Waals surface area (Å²) >= 11 is 0. The Hall–Kier alpha value is -1.52. The third-order valence-electron chi connectivity index (χ3n) is 6.75. The minimum atomic E-state index is -5.94. The molecule has 7 atom stereocenters. The number of hydrogen-bond acceptors (Lipinski definition) is 3. The van der Waals surface area contributed by atoms with Gasteiger partial charge in [-0.25, -0.2) is 0 Å². The Balaban J connectivity index is 2.36. The largest absolute Gasteiger partial charge is 0.481 e. The van der Waals surface area contributed by atoms with E-state index in [0.29, 0.717) is 0 Å². The van der Waals surface area contributed by atoms with Crippen LogP contribution in [-0.4, -0.2) is 45.2 Å². The molecule has 2 aliphatic rings. The normalized spacial score (nSPS) is 33.0. The predicted molar refractivity (Wildman–Crippen MR) is 82.0 cm³/mol. The minimum Gasteiger partial charge on any atom is -0.481 e. The Labute approximate surface area is 156 Å². The standard InChI is InChI=1S/C17H22F6O5/c1-6-8-3-9(5-15(28,16(18,19)20)17(21,22)23)10(4-8)11(6)12(14(26)27)7(2)13(24)25/h6-12,28H,3-5H2,1-2H3,(H,24,25)(H,26,27). The molecule has 3 N–H and O–H groups in total. The number of rotatable bonds is 6. The van der Waals surface area contributed by atoms with Crippen LogP contribution in [0.25, 0.3) is 0 Å². The van der Waals surface area contributed by atoms with Gasteiger partial charge in [-0.15, -0.1) is 0 Å². The van der Waals surface area contributed by atoms with Crippen molar-refractivity contribution in [1.82, 2.24) is 0 Å². The number of hydrogen-bond donors (Lipinski definition) is 3. The number of carboxylic acid groups (broad SMARTS) is 2. The molecule has 5 nitrogen and oxygen atoms in total. The highest BCUT2D eigenvalue weighted by molar-refractivity contribution is 5.80. The summed E-state index contributed by atoms with van der Waals surface area (Å²) in [5.41, 5.74) is -4.89. The fourth-order valence-corrected chi connectivity index (χ4v) is 5.27. The SMILES string of the molecule is CC(C(=O)O)C(C(=O)O)C1C(C)C2CC(CC(O)(C(F)(F)F)C(F)(F)F)C1C2. The van der Waals surface area contributed by atoms with Crippen LogP contribution in [-0.2, 0) is 9.59 Å². The van der Waals surface area contributed by atoms with Gasteiger partial charge in [-0.1, -0.05) is 13.8 Å². The first-order valence-electron chi connectivity index (χ1n) is 8.84. The third kappa shape index (κ3) is 3.57. The second-order valence-electron chi connectivity index (χ2n) is 8.14. The van der Waals surface area contributed by atoms with Crippen molar-refractivity contribution in [2.45, 2.75) is 51.1 Å². The summed E-state index contributed by atoms with van der Waals surface area (Å²) in [6, 6.07) is 0. The number of fused-ring (bicyclic) bond motifs is 2. The molecule has 0 aromatic carbocycles. The second-order valence-corrected chi connectivity index (χ2v) is 8.14. The zero-order valence-electron chi connectivity index (χ0n) is 15.1. The van der Waals surface area contributed by atoms with Crippen molar-refractivity contribution in [3.05, 3.63) is 0 Å². The first kappa shape index (κ1) is 22.8. The van der Waals surface area contributed by atoms with Crippen LogP contribution < -0.4 is 0 Å². The number of aliphatic hydroxyl groups is 1. The quantitative estimate of drug-likeness (QED) is 0.572. The molecule has 0 aromatic rings. The number of alkyl halides is 6. The highest BCUT2D eigenvalue weighted by Crippen LogP contribution is 2.61. The van der Waals surface area contributed by atoms with Crippen molar-refractivity contribution in [3.8, 4) is 0 Å². The monoisotopic (exact) mass is 420 g/mol. The first-order chi connectivity index (χ1) is 12.5.